The summed E-state index contributed by atoms with van der Waals surface area (Å²) in [6.45, 7) is 0. The third-order valence-electron chi connectivity index (χ3n) is 4.02. The molecule has 1 aromatic heterocycles. The number of carbonyl (C=O) groups excluding carboxylic acids is 3. The first-order chi connectivity index (χ1) is 13.0. The minimum atomic E-state index is -0.805. The number of amides is 1. The number of hydrogen-bond donors (Lipinski definition) is 2. The van der Waals surface area contributed by atoms with Gasteiger partial charge in [0.15, 0.2) is 5.78 Å². The number of ketones is 1. The molecule has 2 N–H and O–H groups in total. The highest BCUT2D eigenvalue weighted by atomic mass is 16.5. The van der Waals surface area contributed by atoms with E-state index in [1.165, 1.54) is 13.4 Å². The van der Waals surface area contributed by atoms with Crippen molar-refractivity contribution in [3.63, 3.8) is 0 Å². The van der Waals surface area contributed by atoms with Crippen LogP contribution >= 0.6 is 0 Å². The largest absolute Gasteiger partial charge is 0.497 e. The Kier molecular flexibility index (Phi) is 7.54. The fraction of sp³-hybridized carbons (Fsp3) is 0.368. The van der Waals surface area contributed by atoms with E-state index in [2.05, 4.69) is 15.3 Å². The maximum absolute atomic E-state index is 12.2. The van der Waals surface area contributed by atoms with Crippen molar-refractivity contribution in [3.8, 4) is 5.75 Å². The van der Waals surface area contributed by atoms with Gasteiger partial charge in [-0.05, 0) is 30.7 Å². The first kappa shape index (κ1) is 20.2. The summed E-state index contributed by atoms with van der Waals surface area (Å²) in [7, 11) is 2.82. The average molecular weight is 373 g/mol. The lowest BCUT2D eigenvalue weighted by Crippen LogP contribution is -2.43. The van der Waals surface area contributed by atoms with Crippen LogP contribution in [0.3, 0.4) is 0 Å². The second kappa shape index (κ2) is 10.1. The zero-order chi connectivity index (χ0) is 19.6. The van der Waals surface area contributed by atoms with Crippen LogP contribution in [0, 0.1) is 0 Å². The predicted molar refractivity (Wildman–Crippen MR) is 97.4 cm³/mol. The number of hydrogen-bond acceptors (Lipinski definition) is 6. The van der Waals surface area contributed by atoms with Crippen molar-refractivity contribution in [2.24, 2.45) is 0 Å². The minimum Gasteiger partial charge on any atom is -0.497 e. The molecular weight excluding hydrogens is 350 g/mol. The molecule has 27 heavy (non-hydrogen) atoms. The average Bonchev–Trinajstić information content (AvgIpc) is 3.20. The van der Waals surface area contributed by atoms with E-state index in [4.69, 9.17) is 9.47 Å². The third kappa shape index (κ3) is 6.25. The van der Waals surface area contributed by atoms with Gasteiger partial charge in [-0.3, -0.25) is 9.59 Å². The Hall–Kier alpha value is -3.16. The van der Waals surface area contributed by atoms with Gasteiger partial charge in [0.25, 0.3) is 0 Å². The summed E-state index contributed by atoms with van der Waals surface area (Å²) < 4.78 is 9.79. The number of aromatic amines is 1. The van der Waals surface area contributed by atoms with Crippen molar-refractivity contribution in [1.29, 1.82) is 0 Å². The number of esters is 1. The van der Waals surface area contributed by atoms with Gasteiger partial charge in [-0.1, -0.05) is 0 Å². The molecule has 0 aliphatic rings. The number of carbonyl (C=O) groups is 3. The number of rotatable bonds is 10. The van der Waals surface area contributed by atoms with E-state index in [0.29, 0.717) is 23.4 Å². The highest BCUT2D eigenvalue weighted by Gasteiger charge is 2.22. The van der Waals surface area contributed by atoms with Crippen molar-refractivity contribution in [1.82, 2.24) is 15.3 Å². The molecule has 1 atom stereocenters. The van der Waals surface area contributed by atoms with Crippen LogP contribution in [0.25, 0.3) is 0 Å². The summed E-state index contributed by atoms with van der Waals surface area (Å²) in [6, 6.07) is 6.02. The number of ether oxygens (including phenoxy) is 2. The van der Waals surface area contributed by atoms with Gasteiger partial charge in [-0.2, -0.15) is 0 Å². The standard InChI is InChI=1S/C19H23N3O5/c1-26-15-8-6-13(7-9-15)17(23)4-3-5-18(24)22-16(19(25)27-2)10-14-11-20-12-21-14/h6-9,11-12,16H,3-5,10H2,1-2H3,(H,20,21)(H,22,24)/t16-/m0/s1. The zero-order valence-corrected chi connectivity index (χ0v) is 15.4. The van der Waals surface area contributed by atoms with Gasteiger partial charge in [-0.25, -0.2) is 9.78 Å². The first-order valence-corrected chi connectivity index (χ1v) is 8.55. The number of benzene rings is 1. The second-order valence-electron chi connectivity index (χ2n) is 5.93. The molecule has 0 saturated heterocycles. The van der Waals surface area contributed by atoms with Crippen molar-refractivity contribution in [3.05, 3.63) is 48.0 Å². The smallest absolute Gasteiger partial charge is 0.328 e. The SMILES string of the molecule is COC(=O)[C@H](Cc1cnc[nH]1)NC(=O)CCCC(=O)c1ccc(OC)cc1. The fourth-order valence-corrected chi connectivity index (χ4v) is 2.55. The molecule has 2 aromatic rings. The maximum atomic E-state index is 12.2. The molecule has 144 valence electrons. The van der Waals surface area contributed by atoms with Gasteiger partial charge >= 0.3 is 5.97 Å². The number of nitrogens with zero attached hydrogens (tertiary/aromatic N) is 1. The number of methoxy groups -OCH3 is 2. The molecule has 0 aliphatic carbocycles. The molecule has 0 spiro atoms. The molecular formula is C19H23N3O5. The van der Waals surface area contributed by atoms with E-state index < -0.39 is 12.0 Å². The van der Waals surface area contributed by atoms with Crippen LogP contribution in [0.15, 0.2) is 36.8 Å². The van der Waals surface area contributed by atoms with Crippen LogP contribution in [0.4, 0.5) is 0 Å². The van der Waals surface area contributed by atoms with Gasteiger partial charge in [-0.15, -0.1) is 0 Å². The molecule has 0 fully saturated rings. The molecule has 0 aliphatic heterocycles. The number of Topliss-reactive ketones (excluding diaryl/α,β-unsaturated/α-hetero) is 1. The van der Waals surface area contributed by atoms with Crippen LogP contribution in [-0.4, -0.2) is 47.9 Å². The lowest BCUT2D eigenvalue weighted by molar-refractivity contribution is -0.145. The number of nitrogens with one attached hydrogen (secondary N) is 2. The monoisotopic (exact) mass is 373 g/mol. The topological polar surface area (TPSA) is 110 Å². The van der Waals surface area contributed by atoms with Gasteiger partial charge in [0, 0.05) is 36.7 Å². The van der Waals surface area contributed by atoms with E-state index in [1.54, 1.807) is 37.6 Å². The summed E-state index contributed by atoms with van der Waals surface area (Å²) in [5, 5.41) is 2.65. The minimum absolute atomic E-state index is 0.0487. The lowest BCUT2D eigenvalue weighted by atomic mass is 10.0. The Morgan fingerprint density at radius 2 is 1.89 bits per heavy atom. The van der Waals surface area contributed by atoms with Crippen molar-refractivity contribution >= 4 is 17.7 Å². The molecule has 2 rings (SSSR count). The number of aromatic nitrogens is 2. The van der Waals surface area contributed by atoms with E-state index >= 15 is 0 Å². The zero-order valence-electron chi connectivity index (χ0n) is 15.4. The van der Waals surface area contributed by atoms with Gasteiger partial charge < -0.3 is 19.8 Å². The van der Waals surface area contributed by atoms with Crippen LogP contribution < -0.4 is 10.1 Å². The molecule has 0 saturated carbocycles. The van der Waals surface area contributed by atoms with Crippen molar-refractivity contribution in [2.45, 2.75) is 31.7 Å². The Balaban J connectivity index is 1.80. The quantitative estimate of drug-likeness (QED) is 0.484. The maximum Gasteiger partial charge on any atom is 0.328 e. The van der Waals surface area contributed by atoms with E-state index in [9.17, 15) is 14.4 Å². The Bertz CT molecular complexity index is 756. The Morgan fingerprint density at radius 3 is 2.48 bits per heavy atom. The number of H-pyrrole nitrogens is 1. The molecule has 1 amide bonds. The molecule has 1 heterocycles. The Morgan fingerprint density at radius 1 is 1.15 bits per heavy atom. The Labute approximate surface area is 157 Å². The summed E-state index contributed by atoms with van der Waals surface area (Å²) in [5.74, 6) is -0.218. The van der Waals surface area contributed by atoms with Crippen LogP contribution in [0.5, 0.6) is 5.75 Å². The molecule has 8 nitrogen and oxygen atoms in total. The molecule has 0 bridgehead atoms. The second-order valence-corrected chi connectivity index (χ2v) is 5.93. The predicted octanol–water partition coefficient (Wildman–Crippen LogP) is 1.67. The first-order valence-electron chi connectivity index (χ1n) is 8.55. The molecule has 0 radical (unpaired) electrons. The van der Waals surface area contributed by atoms with Crippen LogP contribution in [0.1, 0.15) is 35.3 Å². The van der Waals surface area contributed by atoms with Gasteiger partial charge in [0.05, 0.1) is 20.5 Å². The fourth-order valence-electron chi connectivity index (χ4n) is 2.55. The third-order valence-corrected chi connectivity index (χ3v) is 4.02. The number of imidazole rings is 1. The van der Waals surface area contributed by atoms with Gasteiger partial charge in [0.2, 0.25) is 5.91 Å². The van der Waals surface area contributed by atoms with Crippen molar-refractivity contribution < 1.29 is 23.9 Å². The summed E-state index contributed by atoms with van der Waals surface area (Å²) in [4.78, 5) is 42.9. The van der Waals surface area contributed by atoms with Crippen LogP contribution in [0.2, 0.25) is 0 Å². The highest BCUT2D eigenvalue weighted by Crippen LogP contribution is 2.14. The summed E-state index contributed by atoms with van der Waals surface area (Å²) in [5.41, 5.74) is 1.28. The highest BCUT2D eigenvalue weighted by molar-refractivity contribution is 5.96. The van der Waals surface area contributed by atoms with Crippen molar-refractivity contribution in [2.75, 3.05) is 14.2 Å². The van der Waals surface area contributed by atoms with Crippen LogP contribution in [-0.2, 0) is 20.7 Å². The lowest BCUT2D eigenvalue weighted by Gasteiger charge is -2.15. The molecule has 0 unspecified atom stereocenters. The van der Waals surface area contributed by atoms with E-state index in [1.807, 2.05) is 0 Å². The summed E-state index contributed by atoms with van der Waals surface area (Å²) in [6.07, 6.45) is 4.09. The normalized spacial score (nSPS) is 11.5. The van der Waals surface area contributed by atoms with Gasteiger partial charge in [0.1, 0.15) is 11.8 Å². The van der Waals surface area contributed by atoms with E-state index in [0.717, 1.165) is 0 Å². The molecule has 8 heteroatoms. The molecule has 1 aromatic carbocycles. The summed E-state index contributed by atoms with van der Waals surface area (Å²) >= 11 is 0. The van der Waals surface area contributed by atoms with E-state index in [-0.39, 0.29) is 31.0 Å².